The van der Waals surface area contributed by atoms with Crippen molar-refractivity contribution in [2.75, 3.05) is 6.61 Å². The minimum absolute atomic E-state index is 0.0574. The van der Waals surface area contributed by atoms with Crippen molar-refractivity contribution in [1.29, 1.82) is 0 Å². The van der Waals surface area contributed by atoms with Crippen molar-refractivity contribution < 1.29 is 9.53 Å². The van der Waals surface area contributed by atoms with Crippen LogP contribution in [0.2, 0.25) is 0 Å². The van der Waals surface area contributed by atoms with E-state index in [1.54, 1.807) is 12.1 Å². The van der Waals surface area contributed by atoms with Gasteiger partial charge in [-0.05, 0) is 6.07 Å². The lowest BCUT2D eigenvalue weighted by molar-refractivity contribution is 0.0995. The van der Waals surface area contributed by atoms with Gasteiger partial charge in [0.05, 0.1) is 12.2 Å². The number of carbonyl (C=O) groups excluding carboxylic acids is 1. The smallest absolute Gasteiger partial charge is 0.252 e. The van der Waals surface area contributed by atoms with Crippen LogP contribution >= 0.6 is 0 Å². The molecule has 0 fully saturated rings. The van der Waals surface area contributed by atoms with E-state index in [2.05, 4.69) is 0 Å². The van der Waals surface area contributed by atoms with Gasteiger partial charge in [0.15, 0.2) is 0 Å². The molecule has 1 amide bonds. The van der Waals surface area contributed by atoms with Crippen molar-refractivity contribution in [3.8, 4) is 5.75 Å². The Morgan fingerprint density at radius 1 is 1.50 bits per heavy atom. The number of benzene rings is 1. The summed E-state index contributed by atoms with van der Waals surface area (Å²) in [5.74, 6) is 0.0784. The molecule has 1 aromatic rings. The van der Waals surface area contributed by atoms with Gasteiger partial charge in [-0.25, -0.2) is 0 Å². The first-order valence-electron chi connectivity index (χ1n) is 4.51. The van der Waals surface area contributed by atoms with Crippen molar-refractivity contribution >= 4 is 5.91 Å². The zero-order valence-corrected chi connectivity index (χ0v) is 7.69. The maximum atomic E-state index is 11.1. The fraction of sp³-hybridized carbons (Fsp3) is 0.300. The summed E-state index contributed by atoms with van der Waals surface area (Å²) in [7, 11) is 0. The highest BCUT2D eigenvalue weighted by molar-refractivity contribution is 5.96. The van der Waals surface area contributed by atoms with Crippen molar-refractivity contribution in [3.05, 3.63) is 29.3 Å². The number of amides is 1. The van der Waals surface area contributed by atoms with Crippen LogP contribution in [0, 0.1) is 0 Å². The standard InChI is InChI=1S/C10H12N2O2/c11-8-4-5-14-9-6(8)2-1-3-7(9)10(12)13/h1-3,8H,4-5,11H2,(H2,12,13)/t8-/m0/s1. The molecule has 74 valence electrons. The first kappa shape index (κ1) is 9.02. The average Bonchev–Trinajstić information content (AvgIpc) is 2.17. The summed E-state index contributed by atoms with van der Waals surface area (Å²) in [6.07, 6.45) is 0.773. The second-order valence-electron chi connectivity index (χ2n) is 3.33. The third-order valence-corrected chi connectivity index (χ3v) is 2.39. The molecule has 0 unspecified atom stereocenters. The Morgan fingerprint density at radius 2 is 2.29 bits per heavy atom. The second kappa shape index (κ2) is 3.31. The Bertz CT molecular complexity index is 376. The summed E-state index contributed by atoms with van der Waals surface area (Å²) in [4.78, 5) is 11.1. The van der Waals surface area contributed by atoms with Crippen molar-refractivity contribution in [2.24, 2.45) is 11.5 Å². The Morgan fingerprint density at radius 3 is 3.00 bits per heavy atom. The van der Waals surface area contributed by atoms with Gasteiger partial charge in [-0.3, -0.25) is 4.79 Å². The largest absolute Gasteiger partial charge is 0.492 e. The van der Waals surface area contributed by atoms with Crippen LogP contribution in [0.1, 0.15) is 28.4 Å². The number of para-hydroxylation sites is 1. The molecule has 1 aliphatic rings. The predicted molar refractivity (Wildman–Crippen MR) is 52.0 cm³/mol. The van der Waals surface area contributed by atoms with Gasteiger partial charge in [0.1, 0.15) is 5.75 Å². The Kier molecular flexibility index (Phi) is 2.13. The molecule has 0 aromatic heterocycles. The van der Waals surface area contributed by atoms with Gasteiger partial charge in [0.2, 0.25) is 0 Å². The highest BCUT2D eigenvalue weighted by Gasteiger charge is 2.22. The van der Waals surface area contributed by atoms with E-state index in [1.807, 2.05) is 6.07 Å². The highest BCUT2D eigenvalue weighted by atomic mass is 16.5. The first-order chi connectivity index (χ1) is 6.70. The average molecular weight is 192 g/mol. The van der Waals surface area contributed by atoms with Crippen LogP contribution in [0.25, 0.3) is 0 Å². The number of rotatable bonds is 1. The number of nitrogens with two attached hydrogens (primary N) is 2. The van der Waals surface area contributed by atoms with Crippen LogP contribution in [0.15, 0.2) is 18.2 Å². The quantitative estimate of drug-likeness (QED) is 0.682. The van der Waals surface area contributed by atoms with Crippen LogP contribution in [0.5, 0.6) is 5.75 Å². The van der Waals surface area contributed by atoms with Gasteiger partial charge >= 0.3 is 0 Å². The molecule has 1 aliphatic heterocycles. The fourth-order valence-corrected chi connectivity index (χ4v) is 1.65. The first-order valence-corrected chi connectivity index (χ1v) is 4.51. The van der Waals surface area contributed by atoms with E-state index >= 15 is 0 Å². The summed E-state index contributed by atoms with van der Waals surface area (Å²) >= 11 is 0. The molecule has 14 heavy (non-hydrogen) atoms. The van der Waals surface area contributed by atoms with E-state index in [0.29, 0.717) is 17.9 Å². The number of carbonyl (C=O) groups is 1. The molecule has 1 aromatic carbocycles. The summed E-state index contributed by atoms with van der Waals surface area (Å²) < 4.78 is 5.41. The molecular weight excluding hydrogens is 180 g/mol. The van der Waals surface area contributed by atoms with Crippen molar-refractivity contribution in [2.45, 2.75) is 12.5 Å². The summed E-state index contributed by atoms with van der Waals surface area (Å²) in [5.41, 5.74) is 12.4. The lowest BCUT2D eigenvalue weighted by Gasteiger charge is -2.24. The molecule has 0 saturated heterocycles. The Hall–Kier alpha value is -1.55. The zero-order chi connectivity index (χ0) is 10.1. The maximum Gasteiger partial charge on any atom is 0.252 e. The van der Waals surface area contributed by atoms with Gasteiger partial charge in [0.25, 0.3) is 5.91 Å². The number of primary amides is 1. The SMILES string of the molecule is NC(=O)c1cccc2c1OCC[C@@H]2N. The molecule has 2 rings (SSSR count). The lowest BCUT2D eigenvalue weighted by Crippen LogP contribution is -2.23. The van der Waals surface area contributed by atoms with E-state index in [4.69, 9.17) is 16.2 Å². The highest BCUT2D eigenvalue weighted by Crippen LogP contribution is 2.33. The van der Waals surface area contributed by atoms with E-state index in [9.17, 15) is 4.79 Å². The monoisotopic (exact) mass is 192 g/mol. The van der Waals surface area contributed by atoms with E-state index in [0.717, 1.165) is 12.0 Å². The molecule has 4 heteroatoms. The zero-order valence-electron chi connectivity index (χ0n) is 7.69. The van der Waals surface area contributed by atoms with E-state index in [-0.39, 0.29) is 6.04 Å². The van der Waals surface area contributed by atoms with Crippen LogP contribution < -0.4 is 16.2 Å². The minimum atomic E-state index is -0.476. The van der Waals surface area contributed by atoms with Crippen LogP contribution in [-0.2, 0) is 0 Å². The second-order valence-corrected chi connectivity index (χ2v) is 3.33. The number of hydrogen-bond acceptors (Lipinski definition) is 3. The van der Waals surface area contributed by atoms with E-state index in [1.165, 1.54) is 0 Å². The topological polar surface area (TPSA) is 78.3 Å². The van der Waals surface area contributed by atoms with Crippen molar-refractivity contribution in [3.63, 3.8) is 0 Å². The molecule has 4 nitrogen and oxygen atoms in total. The predicted octanol–water partition coefficient (Wildman–Crippen LogP) is 0.568. The molecule has 1 atom stereocenters. The molecule has 0 radical (unpaired) electrons. The third-order valence-electron chi connectivity index (χ3n) is 2.39. The number of ether oxygens (including phenoxy) is 1. The van der Waals surface area contributed by atoms with Crippen LogP contribution in [0.3, 0.4) is 0 Å². The maximum absolute atomic E-state index is 11.1. The molecule has 0 bridgehead atoms. The Labute approximate surface area is 81.8 Å². The summed E-state index contributed by atoms with van der Waals surface area (Å²) in [6.45, 7) is 0.540. The minimum Gasteiger partial charge on any atom is -0.492 e. The molecule has 1 heterocycles. The molecule has 0 aliphatic carbocycles. The molecule has 0 saturated carbocycles. The normalized spacial score (nSPS) is 19.6. The third kappa shape index (κ3) is 1.33. The summed E-state index contributed by atoms with van der Waals surface area (Å²) in [6, 6.07) is 5.23. The Balaban J connectivity index is 2.55. The van der Waals surface area contributed by atoms with Gasteiger partial charge in [0, 0.05) is 18.0 Å². The van der Waals surface area contributed by atoms with Crippen LogP contribution in [-0.4, -0.2) is 12.5 Å². The van der Waals surface area contributed by atoms with Crippen LogP contribution in [0.4, 0.5) is 0 Å². The number of hydrogen-bond donors (Lipinski definition) is 2. The fourth-order valence-electron chi connectivity index (χ4n) is 1.65. The van der Waals surface area contributed by atoms with Crippen molar-refractivity contribution in [1.82, 2.24) is 0 Å². The van der Waals surface area contributed by atoms with Gasteiger partial charge in [-0.1, -0.05) is 12.1 Å². The summed E-state index contributed by atoms with van der Waals surface area (Å²) in [5, 5.41) is 0. The molecule has 4 N–H and O–H groups in total. The van der Waals surface area contributed by atoms with Gasteiger partial charge < -0.3 is 16.2 Å². The molecule has 0 spiro atoms. The molecular formula is C10H12N2O2. The van der Waals surface area contributed by atoms with Gasteiger partial charge in [-0.2, -0.15) is 0 Å². The number of fused-ring (bicyclic) bond motifs is 1. The lowest BCUT2D eigenvalue weighted by atomic mass is 9.98. The van der Waals surface area contributed by atoms with Gasteiger partial charge in [-0.15, -0.1) is 0 Å². The van der Waals surface area contributed by atoms with E-state index < -0.39 is 5.91 Å².